The number of hydrogen-bond acceptors (Lipinski definition) is 4. The summed E-state index contributed by atoms with van der Waals surface area (Å²) in [4.78, 5) is 18.5. The fraction of sp³-hybridized carbons (Fsp3) is 0.0909. The first-order valence-corrected chi connectivity index (χ1v) is 4.95. The molecule has 2 aromatic rings. The molecule has 0 radical (unpaired) electrons. The van der Waals surface area contributed by atoms with E-state index in [0.29, 0.717) is 5.82 Å². The maximum Gasteiger partial charge on any atom is 0.251 e. The van der Waals surface area contributed by atoms with E-state index < -0.39 is 0 Å². The number of aromatic hydroxyl groups is 2. The molecule has 88 valence electrons. The Labute approximate surface area is 96.9 Å². The highest BCUT2D eigenvalue weighted by Gasteiger charge is 2.08. The van der Waals surface area contributed by atoms with Gasteiger partial charge in [0, 0.05) is 18.0 Å². The van der Waals surface area contributed by atoms with Gasteiger partial charge in [-0.2, -0.15) is 0 Å². The average molecular weight is 233 g/mol. The highest BCUT2D eigenvalue weighted by atomic mass is 16.3. The van der Waals surface area contributed by atoms with Gasteiger partial charge in [0.25, 0.3) is 5.91 Å². The molecule has 0 atom stereocenters. The number of aromatic nitrogens is 2. The van der Waals surface area contributed by atoms with Crippen LogP contribution in [0.2, 0.25) is 0 Å². The van der Waals surface area contributed by atoms with Gasteiger partial charge in [0.2, 0.25) is 0 Å². The van der Waals surface area contributed by atoms with Gasteiger partial charge >= 0.3 is 0 Å². The van der Waals surface area contributed by atoms with Gasteiger partial charge in [-0.05, 0) is 18.2 Å². The number of amides is 1. The Kier molecular flexibility index (Phi) is 2.95. The lowest BCUT2D eigenvalue weighted by Gasteiger charge is -2.04. The summed E-state index contributed by atoms with van der Waals surface area (Å²) in [6.07, 6.45) is 3.25. The second kappa shape index (κ2) is 4.56. The van der Waals surface area contributed by atoms with Crippen LogP contribution in [-0.2, 0) is 6.54 Å². The number of rotatable bonds is 3. The number of H-pyrrole nitrogens is 1. The van der Waals surface area contributed by atoms with Gasteiger partial charge in [-0.3, -0.25) is 4.79 Å². The van der Waals surface area contributed by atoms with Crippen LogP contribution in [0.15, 0.2) is 30.6 Å². The SMILES string of the molecule is O=C(NCc1ncc[nH]1)c1ccc(O)c(O)c1. The molecule has 0 aliphatic carbocycles. The molecule has 4 N–H and O–H groups in total. The Morgan fingerprint density at radius 2 is 2.18 bits per heavy atom. The number of hydrogen-bond donors (Lipinski definition) is 4. The smallest absolute Gasteiger partial charge is 0.251 e. The number of nitrogens with zero attached hydrogens (tertiary/aromatic N) is 1. The van der Waals surface area contributed by atoms with E-state index in [-0.39, 0.29) is 29.5 Å². The summed E-state index contributed by atoms with van der Waals surface area (Å²) in [6.45, 7) is 0.271. The third-order valence-corrected chi connectivity index (χ3v) is 2.21. The van der Waals surface area contributed by atoms with Crippen molar-refractivity contribution in [3.63, 3.8) is 0 Å². The number of phenols is 2. The number of phenolic OH excluding ortho intramolecular Hbond substituents is 2. The maximum absolute atomic E-state index is 11.7. The average Bonchev–Trinajstić information content (AvgIpc) is 2.82. The van der Waals surface area contributed by atoms with Crippen LogP contribution in [0.5, 0.6) is 11.5 Å². The Morgan fingerprint density at radius 1 is 1.35 bits per heavy atom. The predicted molar refractivity (Wildman–Crippen MR) is 59.5 cm³/mol. The van der Waals surface area contributed by atoms with Crippen LogP contribution >= 0.6 is 0 Å². The molecule has 0 aliphatic rings. The molecular formula is C11H11N3O3. The Bertz CT molecular complexity index is 523. The van der Waals surface area contributed by atoms with Crippen LogP contribution in [0, 0.1) is 0 Å². The zero-order chi connectivity index (χ0) is 12.3. The Morgan fingerprint density at radius 3 is 2.82 bits per heavy atom. The van der Waals surface area contributed by atoms with Gasteiger partial charge in [0.1, 0.15) is 5.82 Å². The lowest BCUT2D eigenvalue weighted by atomic mass is 10.2. The van der Waals surface area contributed by atoms with Crippen LogP contribution in [0.4, 0.5) is 0 Å². The largest absolute Gasteiger partial charge is 0.504 e. The monoisotopic (exact) mass is 233 g/mol. The normalized spacial score (nSPS) is 10.1. The van der Waals surface area contributed by atoms with E-state index in [1.54, 1.807) is 12.4 Å². The summed E-state index contributed by atoms with van der Waals surface area (Å²) in [5, 5.41) is 21.0. The van der Waals surface area contributed by atoms with Crippen LogP contribution in [-0.4, -0.2) is 26.1 Å². The van der Waals surface area contributed by atoms with Gasteiger partial charge in [-0.1, -0.05) is 0 Å². The first kappa shape index (κ1) is 11.0. The molecule has 1 heterocycles. The van der Waals surface area contributed by atoms with Crippen molar-refractivity contribution in [1.29, 1.82) is 0 Å². The standard InChI is InChI=1S/C11H11N3O3/c15-8-2-1-7(5-9(8)16)11(17)14-6-10-12-3-4-13-10/h1-5,15-16H,6H2,(H,12,13)(H,14,17). The van der Waals surface area contributed by atoms with Crippen LogP contribution in [0.25, 0.3) is 0 Å². The summed E-state index contributed by atoms with van der Waals surface area (Å²) >= 11 is 0. The van der Waals surface area contributed by atoms with E-state index >= 15 is 0 Å². The molecule has 17 heavy (non-hydrogen) atoms. The van der Waals surface area contributed by atoms with Crippen molar-refractivity contribution in [1.82, 2.24) is 15.3 Å². The first-order chi connectivity index (χ1) is 8.16. The second-order valence-electron chi connectivity index (χ2n) is 3.42. The molecule has 2 rings (SSSR count). The Balaban J connectivity index is 2.02. The predicted octanol–water partition coefficient (Wildman–Crippen LogP) is 0.751. The van der Waals surface area contributed by atoms with Crippen molar-refractivity contribution in [3.05, 3.63) is 42.0 Å². The van der Waals surface area contributed by atoms with Crippen LogP contribution in [0.1, 0.15) is 16.2 Å². The number of aromatic amines is 1. The minimum Gasteiger partial charge on any atom is -0.504 e. The number of nitrogens with one attached hydrogen (secondary N) is 2. The van der Waals surface area contributed by atoms with Crippen molar-refractivity contribution < 1.29 is 15.0 Å². The lowest BCUT2D eigenvalue weighted by molar-refractivity contribution is 0.0949. The fourth-order valence-electron chi connectivity index (χ4n) is 1.33. The molecule has 6 heteroatoms. The molecule has 1 aromatic carbocycles. The molecule has 0 saturated carbocycles. The van der Waals surface area contributed by atoms with E-state index in [2.05, 4.69) is 15.3 Å². The van der Waals surface area contributed by atoms with E-state index in [1.165, 1.54) is 18.2 Å². The number of benzene rings is 1. The summed E-state index contributed by atoms with van der Waals surface area (Å²) in [5.74, 6) is -0.290. The highest BCUT2D eigenvalue weighted by Crippen LogP contribution is 2.24. The van der Waals surface area contributed by atoms with Gasteiger partial charge in [-0.25, -0.2) is 4.98 Å². The fourth-order valence-corrected chi connectivity index (χ4v) is 1.33. The topological polar surface area (TPSA) is 98.2 Å². The van der Waals surface area contributed by atoms with Crippen molar-refractivity contribution in [2.24, 2.45) is 0 Å². The molecular weight excluding hydrogens is 222 g/mol. The molecule has 6 nitrogen and oxygen atoms in total. The zero-order valence-corrected chi connectivity index (χ0v) is 8.84. The van der Waals surface area contributed by atoms with Gasteiger partial charge in [0.05, 0.1) is 6.54 Å². The van der Waals surface area contributed by atoms with E-state index in [9.17, 15) is 9.90 Å². The lowest BCUT2D eigenvalue weighted by Crippen LogP contribution is -2.23. The Hall–Kier alpha value is -2.50. The van der Waals surface area contributed by atoms with Gasteiger partial charge in [0.15, 0.2) is 11.5 Å². The number of carbonyl (C=O) groups is 1. The van der Waals surface area contributed by atoms with E-state index in [0.717, 1.165) is 0 Å². The van der Waals surface area contributed by atoms with Crippen LogP contribution in [0.3, 0.4) is 0 Å². The molecule has 0 bridgehead atoms. The maximum atomic E-state index is 11.7. The molecule has 0 saturated heterocycles. The van der Waals surface area contributed by atoms with Gasteiger partial charge in [-0.15, -0.1) is 0 Å². The summed E-state index contributed by atoms with van der Waals surface area (Å²) in [5.41, 5.74) is 0.270. The summed E-state index contributed by atoms with van der Waals surface area (Å²) < 4.78 is 0. The molecule has 1 aromatic heterocycles. The minimum atomic E-state index is -0.350. The molecule has 0 fully saturated rings. The minimum absolute atomic E-state index is 0.257. The third kappa shape index (κ3) is 2.54. The number of imidazole rings is 1. The third-order valence-electron chi connectivity index (χ3n) is 2.21. The second-order valence-corrected chi connectivity index (χ2v) is 3.42. The molecule has 0 aliphatic heterocycles. The van der Waals surface area contributed by atoms with Gasteiger partial charge < -0.3 is 20.5 Å². The highest BCUT2D eigenvalue weighted by molar-refractivity contribution is 5.94. The van der Waals surface area contributed by atoms with Crippen molar-refractivity contribution >= 4 is 5.91 Å². The van der Waals surface area contributed by atoms with E-state index in [4.69, 9.17) is 5.11 Å². The first-order valence-electron chi connectivity index (χ1n) is 4.95. The van der Waals surface area contributed by atoms with Crippen LogP contribution < -0.4 is 5.32 Å². The number of carbonyl (C=O) groups excluding carboxylic acids is 1. The van der Waals surface area contributed by atoms with Crippen molar-refractivity contribution in [2.75, 3.05) is 0 Å². The van der Waals surface area contributed by atoms with Crippen molar-refractivity contribution in [2.45, 2.75) is 6.54 Å². The molecule has 1 amide bonds. The quantitative estimate of drug-likeness (QED) is 0.588. The zero-order valence-electron chi connectivity index (χ0n) is 8.84. The summed E-state index contributed by atoms with van der Waals surface area (Å²) in [6, 6.07) is 3.89. The summed E-state index contributed by atoms with van der Waals surface area (Å²) in [7, 11) is 0. The molecule has 0 spiro atoms. The van der Waals surface area contributed by atoms with E-state index in [1.807, 2.05) is 0 Å². The van der Waals surface area contributed by atoms with Crippen molar-refractivity contribution in [3.8, 4) is 11.5 Å². The molecule has 0 unspecified atom stereocenters.